The van der Waals surface area contributed by atoms with Gasteiger partial charge in [-0.05, 0) is 46.1 Å². The van der Waals surface area contributed by atoms with E-state index in [-0.39, 0.29) is 5.60 Å². The van der Waals surface area contributed by atoms with Gasteiger partial charge in [-0.3, -0.25) is 4.90 Å². The lowest BCUT2D eigenvalue weighted by Gasteiger charge is -2.29. The molecule has 106 valence electrons. The Bertz CT molecular complexity index is 265. The number of rotatable bonds is 5. The molecule has 2 heterocycles. The molecule has 3 nitrogen and oxygen atoms in total. The summed E-state index contributed by atoms with van der Waals surface area (Å²) in [5.74, 6) is 0. The van der Waals surface area contributed by atoms with Crippen LogP contribution in [0.15, 0.2) is 0 Å². The number of ether oxygens (including phenoxy) is 1. The predicted octanol–water partition coefficient (Wildman–Crippen LogP) is 2.41. The maximum absolute atomic E-state index is 6.12. The molecule has 3 heteroatoms. The minimum atomic E-state index is 0.107. The molecule has 0 aliphatic carbocycles. The lowest BCUT2D eigenvalue weighted by Crippen LogP contribution is -2.43. The van der Waals surface area contributed by atoms with Gasteiger partial charge >= 0.3 is 0 Å². The Hall–Kier alpha value is -0.120. The van der Waals surface area contributed by atoms with Crippen LogP contribution in [0.25, 0.3) is 0 Å². The average Bonchev–Trinajstić information content (AvgIpc) is 2.83. The third-order valence-electron chi connectivity index (χ3n) is 4.25. The highest BCUT2D eigenvalue weighted by Crippen LogP contribution is 2.31. The van der Waals surface area contributed by atoms with Crippen molar-refractivity contribution in [2.75, 3.05) is 19.6 Å². The van der Waals surface area contributed by atoms with E-state index in [0.29, 0.717) is 12.1 Å². The third-order valence-corrected chi connectivity index (χ3v) is 4.25. The summed E-state index contributed by atoms with van der Waals surface area (Å²) in [6.45, 7) is 12.4. The standard InChI is InChI=1S/C15H30N2O/c1-12(2)16-10-13-6-5-9-17(13)11-14-7-8-15(3,4)18-14/h12-14,16H,5-11H2,1-4H3. The molecule has 0 aromatic rings. The zero-order chi connectivity index (χ0) is 13.2. The molecule has 0 radical (unpaired) electrons. The first-order chi connectivity index (χ1) is 8.46. The van der Waals surface area contributed by atoms with Crippen molar-refractivity contribution in [1.29, 1.82) is 0 Å². The topological polar surface area (TPSA) is 24.5 Å². The van der Waals surface area contributed by atoms with Crippen molar-refractivity contribution in [3.8, 4) is 0 Å². The van der Waals surface area contributed by atoms with E-state index < -0.39 is 0 Å². The summed E-state index contributed by atoms with van der Waals surface area (Å²) in [6.07, 6.45) is 5.59. The quantitative estimate of drug-likeness (QED) is 0.815. The smallest absolute Gasteiger partial charge is 0.0710 e. The molecule has 2 rings (SSSR count). The molecular weight excluding hydrogens is 224 g/mol. The molecular formula is C15H30N2O. The normalized spacial score (nSPS) is 32.5. The van der Waals surface area contributed by atoms with Gasteiger partial charge in [0, 0.05) is 25.2 Å². The van der Waals surface area contributed by atoms with E-state index in [1.54, 1.807) is 0 Å². The molecule has 2 fully saturated rings. The van der Waals surface area contributed by atoms with Crippen LogP contribution in [0.2, 0.25) is 0 Å². The molecule has 0 saturated carbocycles. The van der Waals surface area contributed by atoms with Crippen LogP contribution in [-0.2, 0) is 4.74 Å². The van der Waals surface area contributed by atoms with Crippen molar-refractivity contribution in [3.63, 3.8) is 0 Å². The Labute approximate surface area is 112 Å². The SMILES string of the molecule is CC(C)NCC1CCCN1CC1CCC(C)(C)O1. The molecule has 0 aromatic heterocycles. The van der Waals surface area contributed by atoms with Crippen molar-refractivity contribution in [1.82, 2.24) is 10.2 Å². The van der Waals surface area contributed by atoms with E-state index >= 15 is 0 Å². The summed E-state index contributed by atoms with van der Waals surface area (Å²) in [7, 11) is 0. The number of nitrogens with zero attached hydrogens (tertiary/aromatic N) is 1. The lowest BCUT2D eigenvalue weighted by molar-refractivity contribution is -0.0300. The lowest BCUT2D eigenvalue weighted by atomic mass is 10.1. The Balaban J connectivity index is 1.77. The van der Waals surface area contributed by atoms with Gasteiger partial charge in [0.1, 0.15) is 0 Å². The Kier molecular flexibility index (Phi) is 4.68. The summed E-state index contributed by atoms with van der Waals surface area (Å²) >= 11 is 0. The highest BCUT2D eigenvalue weighted by Gasteiger charge is 2.34. The van der Waals surface area contributed by atoms with E-state index in [1.807, 2.05) is 0 Å². The zero-order valence-electron chi connectivity index (χ0n) is 12.5. The van der Waals surface area contributed by atoms with E-state index in [4.69, 9.17) is 4.74 Å². The van der Waals surface area contributed by atoms with Crippen molar-refractivity contribution in [2.45, 2.75) is 77.2 Å². The Morgan fingerprint density at radius 2 is 2.11 bits per heavy atom. The molecule has 0 aromatic carbocycles. The van der Waals surface area contributed by atoms with Crippen LogP contribution in [0, 0.1) is 0 Å². The maximum Gasteiger partial charge on any atom is 0.0710 e. The molecule has 1 N–H and O–H groups in total. The van der Waals surface area contributed by atoms with Crippen LogP contribution in [0.3, 0.4) is 0 Å². The van der Waals surface area contributed by atoms with Crippen LogP contribution in [-0.4, -0.2) is 48.3 Å². The molecule has 2 aliphatic rings. The third kappa shape index (κ3) is 3.94. The van der Waals surface area contributed by atoms with Gasteiger partial charge in [0.15, 0.2) is 0 Å². The van der Waals surface area contributed by atoms with E-state index in [1.165, 1.54) is 32.2 Å². The van der Waals surface area contributed by atoms with Crippen molar-refractivity contribution in [3.05, 3.63) is 0 Å². The molecule has 2 atom stereocenters. The highest BCUT2D eigenvalue weighted by molar-refractivity contribution is 4.87. The van der Waals surface area contributed by atoms with E-state index in [0.717, 1.165) is 19.1 Å². The summed E-state index contributed by atoms with van der Waals surface area (Å²) in [6, 6.07) is 1.31. The highest BCUT2D eigenvalue weighted by atomic mass is 16.5. The first-order valence-electron chi connectivity index (χ1n) is 7.61. The van der Waals surface area contributed by atoms with E-state index in [9.17, 15) is 0 Å². The minimum Gasteiger partial charge on any atom is -0.371 e. The fourth-order valence-electron chi connectivity index (χ4n) is 3.21. The molecule has 0 amide bonds. The number of likely N-dealkylation sites (tertiary alicyclic amines) is 1. The van der Waals surface area contributed by atoms with Crippen LogP contribution < -0.4 is 5.32 Å². The zero-order valence-corrected chi connectivity index (χ0v) is 12.5. The van der Waals surface area contributed by atoms with Gasteiger partial charge in [0.25, 0.3) is 0 Å². The van der Waals surface area contributed by atoms with Crippen molar-refractivity contribution in [2.24, 2.45) is 0 Å². The van der Waals surface area contributed by atoms with Gasteiger partial charge in [0.05, 0.1) is 11.7 Å². The van der Waals surface area contributed by atoms with Crippen molar-refractivity contribution < 1.29 is 4.74 Å². The second-order valence-corrected chi connectivity index (χ2v) is 6.89. The van der Waals surface area contributed by atoms with Crippen LogP contribution >= 0.6 is 0 Å². The fraction of sp³-hybridized carbons (Fsp3) is 1.00. The molecule has 0 bridgehead atoms. The van der Waals surface area contributed by atoms with E-state index in [2.05, 4.69) is 37.9 Å². The van der Waals surface area contributed by atoms with Crippen molar-refractivity contribution >= 4 is 0 Å². The van der Waals surface area contributed by atoms with Gasteiger partial charge in [0.2, 0.25) is 0 Å². The molecule has 2 unspecified atom stereocenters. The van der Waals surface area contributed by atoms with Gasteiger partial charge in [-0.15, -0.1) is 0 Å². The first kappa shape index (κ1) is 14.3. The Morgan fingerprint density at radius 3 is 2.72 bits per heavy atom. The molecule has 2 saturated heterocycles. The van der Waals surface area contributed by atoms with Gasteiger partial charge in [-0.1, -0.05) is 13.8 Å². The van der Waals surface area contributed by atoms with Gasteiger partial charge in [-0.2, -0.15) is 0 Å². The van der Waals surface area contributed by atoms with Gasteiger partial charge < -0.3 is 10.1 Å². The number of hydrogen-bond acceptors (Lipinski definition) is 3. The summed E-state index contributed by atoms with van der Waals surface area (Å²) < 4.78 is 6.12. The average molecular weight is 254 g/mol. The second kappa shape index (κ2) is 5.89. The maximum atomic E-state index is 6.12. The van der Waals surface area contributed by atoms with Crippen LogP contribution in [0.4, 0.5) is 0 Å². The summed E-state index contributed by atoms with van der Waals surface area (Å²) in [5, 5.41) is 3.58. The fourth-order valence-corrected chi connectivity index (χ4v) is 3.21. The monoisotopic (exact) mass is 254 g/mol. The summed E-state index contributed by atoms with van der Waals surface area (Å²) in [4.78, 5) is 2.64. The largest absolute Gasteiger partial charge is 0.371 e. The predicted molar refractivity (Wildman–Crippen MR) is 75.9 cm³/mol. The minimum absolute atomic E-state index is 0.107. The molecule has 0 spiro atoms. The van der Waals surface area contributed by atoms with Gasteiger partial charge in [-0.25, -0.2) is 0 Å². The first-order valence-corrected chi connectivity index (χ1v) is 7.61. The van der Waals surface area contributed by atoms with Crippen LogP contribution in [0.5, 0.6) is 0 Å². The van der Waals surface area contributed by atoms with Crippen LogP contribution in [0.1, 0.15) is 53.4 Å². The number of hydrogen-bond donors (Lipinski definition) is 1. The molecule has 2 aliphatic heterocycles. The Morgan fingerprint density at radius 1 is 1.33 bits per heavy atom. The second-order valence-electron chi connectivity index (χ2n) is 6.89. The number of nitrogens with one attached hydrogen (secondary N) is 1. The molecule has 18 heavy (non-hydrogen) atoms. The summed E-state index contributed by atoms with van der Waals surface area (Å²) in [5.41, 5.74) is 0.107.